The lowest BCUT2D eigenvalue weighted by atomic mass is 9.89. The summed E-state index contributed by atoms with van der Waals surface area (Å²) in [6.07, 6.45) is 2.22. The molecule has 1 aromatic heterocycles. The van der Waals surface area contributed by atoms with Gasteiger partial charge in [0.05, 0.1) is 12.0 Å². The van der Waals surface area contributed by atoms with E-state index in [1.165, 1.54) is 5.56 Å². The van der Waals surface area contributed by atoms with Gasteiger partial charge in [0.15, 0.2) is 5.82 Å². The average molecular weight is 356 g/mol. The molecule has 2 amide bonds. The van der Waals surface area contributed by atoms with Crippen molar-refractivity contribution in [2.75, 3.05) is 26.2 Å². The Morgan fingerprint density at radius 1 is 1.27 bits per heavy atom. The fraction of sp³-hybridized carbons (Fsp3) is 0.526. The first-order chi connectivity index (χ1) is 12.7. The van der Waals surface area contributed by atoms with Crippen molar-refractivity contribution < 1.29 is 14.1 Å². The van der Waals surface area contributed by atoms with Crippen LogP contribution >= 0.6 is 0 Å². The fourth-order valence-corrected chi connectivity index (χ4v) is 3.84. The van der Waals surface area contributed by atoms with Gasteiger partial charge in [0.25, 0.3) is 0 Å². The van der Waals surface area contributed by atoms with Crippen molar-refractivity contribution in [2.45, 2.75) is 37.7 Å². The lowest BCUT2D eigenvalue weighted by molar-refractivity contribution is 0.109. The zero-order valence-corrected chi connectivity index (χ0v) is 14.9. The van der Waals surface area contributed by atoms with Crippen molar-refractivity contribution in [3.63, 3.8) is 0 Å². The summed E-state index contributed by atoms with van der Waals surface area (Å²) in [7, 11) is 0. The predicted molar refractivity (Wildman–Crippen MR) is 94.9 cm³/mol. The molecule has 2 aromatic rings. The summed E-state index contributed by atoms with van der Waals surface area (Å²) < 4.78 is 11.0. The Morgan fingerprint density at radius 3 is 2.77 bits per heavy atom. The van der Waals surface area contributed by atoms with Crippen LogP contribution in [-0.4, -0.2) is 53.4 Å². The van der Waals surface area contributed by atoms with Crippen LogP contribution in [0.4, 0.5) is 4.79 Å². The van der Waals surface area contributed by atoms with Crippen molar-refractivity contribution in [3.8, 4) is 0 Å². The lowest BCUT2D eigenvalue weighted by Gasteiger charge is -2.19. The van der Waals surface area contributed by atoms with Gasteiger partial charge in [-0.1, -0.05) is 35.5 Å². The minimum atomic E-state index is -0.0554. The van der Waals surface area contributed by atoms with E-state index >= 15 is 0 Å². The minimum Gasteiger partial charge on any atom is -0.376 e. The Balaban J connectivity index is 1.48. The van der Waals surface area contributed by atoms with Crippen LogP contribution in [0.1, 0.15) is 42.0 Å². The normalized spacial score (nSPS) is 25.6. The molecule has 1 aromatic carbocycles. The molecular formula is C19H24N4O3. The number of benzene rings is 1. The average Bonchev–Trinajstić information content (AvgIpc) is 3.40. The molecule has 0 spiro atoms. The van der Waals surface area contributed by atoms with E-state index in [1.807, 2.05) is 30.0 Å². The molecule has 7 heteroatoms. The van der Waals surface area contributed by atoms with E-state index in [2.05, 4.69) is 27.6 Å². The molecule has 4 rings (SSSR count). The summed E-state index contributed by atoms with van der Waals surface area (Å²) in [6, 6.07) is 10.2. The molecule has 26 heavy (non-hydrogen) atoms. The zero-order chi connectivity index (χ0) is 17.9. The topological polar surface area (TPSA) is 80.5 Å². The summed E-state index contributed by atoms with van der Waals surface area (Å²) in [5.74, 6) is 1.37. The molecule has 1 N–H and O–H groups in total. The summed E-state index contributed by atoms with van der Waals surface area (Å²) in [5.41, 5.74) is 1.18. The molecule has 2 fully saturated rings. The number of ether oxygens (including phenoxy) is 1. The number of urea groups is 1. The lowest BCUT2D eigenvalue weighted by Crippen LogP contribution is -2.41. The second-order valence-electron chi connectivity index (χ2n) is 7.03. The highest BCUT2D eigenvalue weighted by atomic mass is 16.5. The Kier molecular flexibility index (Phi) is 4.88. The van der Waals surface area contributed by atoms with Crippen molar-refractivity contribution in [2.24, 2.45) is 0 Å². The van der Waals surface area contributed by atoms with Gasteiger partial charge in [0.2, 0.25) is 5.89 Å². The highest BCUT2D eigenvalue weighted by Gasteiger charge is 2.40. The number of aromatic nitrogens is 2. The fourth-order valence-electron chi connectivity index (χ4n) is 3.84. The molecule has 0 unspecified atom stereocenters. The van der Waals surface area contributed by atoms with Crippen LogP contribution in [0.25, 0.3) is 0 Å². The molecule has 0 radical (unpaired) electrons. The predicted octanol–water partition coefficient (Wildman–Crippen LogP) is 2.45. The number of carbonyl (C=O) groups excluding carboxylic acids is 1. The number of nitrogens with zero attached hydrogens (tertiary/aromatic N) is 3. The van der Waals surface area contributed by atoms with Gasteiger partial charge in [-0.25, -0.2) is 4.79 Å². The van der Waals surface area contributed by atoms with Gasteiger partial charge in [0, 0.05) is 32.2 Å². The van der Waals surface area contributed by atoms with Crippen molar-refractivity contribution in [1.82, 2.24) is 20.4 Å². The molecule has 2 saturated heterocycles. The highest BCUT2D eigenvalue weighted by Crippen LogP contribution is 2.38. The van der Waals surface area contributed by atoms with Crippen LogP contribution in [0.15, 0.2) is 34.9 Å². The van der Waals surface area contributed by atoms with E-state index in [0.29, 0.717) is 31.3 Å². The maximum atomic E-state index is 12.7. The number of nitrogens with one attached hydrogen (secondary N) is 1. The third kappa shape index (κ3) is 3.58. The van der Waals surface area contributed by atoms with Crippen molar-refractivity contribution >= 4 is 6.03 Å². The summed E-state index contributed by atoms with van der Waals surface area (Å²) in [5, 5.41) is 6.94. The number of hydrogen-bond acceptors (Lipinski definition) is 5. The number of carbonyl (C=O) groups is 1. The van der Waals surface area contributed by atoms with Gasteiger partial charge in [0.1, 0.15) is 0 Å². The summed E-state index contributed by atoms with van der Waals surface area (Å²) >= 11 is 0. The first-order valence-electron chi connectivity index (χ1n) is 9.20. The quantitative estimate of drug-likeness (QED) is 0.910. The second-order valence-corrected chi connectivity index (χ2v) is 7.03. The minimum absolute atomic E-state index is 0.00656. The van der Waals surface area contributed by atoms with Crippen LogP contribution < -0.4 is 5.32 Å². The number of hydrogen-bond donors (Lipinski definition) is 1. The number of likely N-dealkylation sites (tertiary alicyclic amines) is 1. The van der Waals surface area contributed by atoms with Crippen LogP contribution in [0, 0.1) is 6.92 Å². The van der Waals surface area contributed by atoms with Crippen molar-refractivity contribution in [3.05, 3.63) is 47.6 Å². The van der Waals surface area contributed by atoms with Gasteiger partial charge in [-0.3, -0.25) is 0 Å². The highest BCUT2D eigenvalue weighted by molar-refractivity contribution is 5.75. The van der Waals surface area contributed by atoms with E-state index in [-0.39, 0.29) is 24.0 Å². The molecule has 0 bridgehead atoms. The molecule has 3 atom stereocenters. The number of aryl methyl sites for hydroxylation is 1. The SMILES string of the molecule is Cc1noc([C@@H]2CN(C(=O)NC[C@H]3CCCO3)C[C@H]2c2ccccc2)n1. The summed E-state index contributed by atoms with van der Waals surface area (Å²) in [4.78, 5) is 18.9. The Bertz CT molecular complexity index is 742. The van der Waals surface area contributed by atoms with Gasteiger partial charge < -0.3 is 19.5 Å². The molecule has 2 aliphatic rings. The van der Waals surface area contributed by atoms with E-state index in [4.69, 9.17) is 9.26 Å². The largest absolute Gasteiger partial charge is 0.376 e. The van der Waals surface area contributed by atoms with E-state index in [9.17, 15) is 4.79 Å². The van der Waals surface area contributed by atoms with Crippen molar-refractivity contribution in [1.29, 1.82) is 0 Å². The van der Waals surface area contributed by atoms with Crippen LogP contribution in [0.3, 0.4) is 0 Å². The molecule has 3 heterocycles. The Hall–Kier alpha value is -2.41. The molecular weight excluding hydrogens is 332 g/mol. The maximum absolute atomic E-state index is 12.7. The van der Waals surface area contributed by atoms with Crippen LogP contribution in [0.2, 0.25) is 0 Å². The smallest absolute Gasteiger partial charge is 0.317 e. The molecule has 7 nitrogen and oxygen atoms in total. The molecule has 138 valence electrons. The van der Waals surface area contributed by atoms with E-state index < -0.39 is 0 Å². The monoisotopic (exact) mass is 356 g/mol. The van der Waals surface area contributed by atoms with Gasteiger partial charge >= 0.3 is 6.03 Å². The number of rotatable bonds is 4. The van der Waals surface area contributed by atoms with Gasteiger partial charge in [-0.2, -0.15) is 4.98 Å². The molecule has 0 aliphatic carbocycles. The first-order valence-corrected chi connectivity index (χ1v) is 9.20. The van der Waals surface area contributed by atoms with Crippen LogP contribution in [0.5, 0.6) is 0 Å². The van der Waals surface area contributed by atoms with E-state index in [1.54, 1.807) is 0 Å². The third-order valence-electron chi connectivity index (χ3n) is 5.20. The second kappa shape index (κ2) is 7.45. The standard InChI is InChI=1S/C19H24N4O3/c1-13-21-18(26-22-13)17-12-23(11-16(17)14-6-3-2-4-7-14)19(24)20-10-15-8-5-9-25-15/h2-4,6-7,15-17H,5,8-12H2,1H3,(H,20,24)/t15-,16+,17-/m1/s1. The van der Waals surface area contributed by atoms with Crippen LogP contribution in [-0.2, 0) is 4.74 Å². The molecule has 0 saturated carbocycles. The van der Waals surface area contributed by atoms with E-state index in [0.717, 1.165) is 19.4 Å². The third-order valence-corrected chi connectivity index (χ3v) is 5.20. The Morgan fingerprint density at radius 2 is 2.08 bits per heavy atom. The van der Waals surface area contributed by atoms with Gasteiger partial charge in [-0.05, 0) is 25.3 Å². The maximum Gasteiger partial charge on any atom is 0.317 e. The first kappa shape index (κ1) is 17.0. The summed E-state index contributed by atoms with van der Waals surface area (Å²) in [6.45, 7) is 4.37. The zero-order valence-electron chi connectivity index (χ0n) is 14.9. The van der Waals surface area contributed by atoms with Gasteiger partial charge in [-0.15, -0.1) is 0 Å². The number of amides is 2. The Labute approximate surface area is 152 Å². The molecule has 2 aliphatic heterocycles.